The normalized spacial score (nSPS) is 10.7. The monoisotopic (exact) mass is 551 g/mol. The van der Waals surface area contributed by atoms with E-state index >= 15 is 0 Å². The van der Waals surface area contributed by atoms with Crippen LogP contribution in [0.3, 0.4) is 0 Å². The Kier molecular flexibility index (Phi) is 9.45. The van der Waals surface area contributed by atoms with Gasteiger partial charge in [-0.25, -0.2) is 4.79 Å². The molecule has 0 fully saturated rings. The van der Waals surface area contributed by atoms with Crippen molar-refractivity contribution < 1.29 is 29.1 Å². The average Bonchev–Trinajstić information content (AvgIpc) is 2.99. The lowest BCUT2D eigenvalue weighted by molar-refractivity contribution is -0.142. The fourth-order valence-electron chi connectivity index (χ4n) is 4.02. The predicted octanol–water partition coefficient (Wildman–Crippen LogP) is 5.66. The number of carboxylic acid groups (broad SMARTS) is 1. The highest BCUT2D eigenvalue weighted by atomic mass is 16.6. The average molecular weight is 552 g/mol. The Bertz CT molecular complexity index is 1550. The second-order valence-corrected chi connectivity index (χ2v) is 9.04. The number of oxime groups is 1. The van der Waals surface area contributed by atoms with Crippen molar-refractivity contribution in [2.24, 2.45) is 5.16 Å². The molecule has 0 heterocycles. The number of ether oxygens (including phenoxy) is 1. The van der Waals surface area contributed by atoms with E-state index in [4.69, 9.17) is 9.84 Å². The van der Waals surface area contributed by atoms with Crippen LogP contribution < -0.4 is 15.0 Å². The van der Waals surface area contributed by atoms with Gasteiger partial charge in [0.25, 0.3) is 11.8 Å². The minimum absolute atomic E-state index is 0.0140. The number of aliphatic carboxylic acids is 1. The van der Waals surface area contributed by atoms with Gasteiger partial charge in [-0.15, -0.1) is 0 Å². The molecule has 0 saturated heterocycles. The van der Waals surface area contributed by atoms with Gasteiger partial charge in [-0.1, -0.05) is 65.3 Å². The number of carbonyl (C=O) groups is 3. The maximum absolute atomic E-state index is 13.2. The van der Waals surface area contributed by atoms with Crippen LogP contribution in [0.1, 0.15) is 26.3 Å². The van der Waals surface area contributed by atoms with E-state index in [9.17, 15) is 14.4 Å². The SMILES string of the molecule is Cc1ccc(-c2ccccc2C(=O)Nc2ccc(C(=O)N(C)c3ccccc3OC/C=N\OCC(=O)O)cc2)cc1. The van der Waals surface area contributed by atoms with Gasteiger partial charge in [0.2, 0.25) is 6.61 Å². The lowest BCUT2D eigenvalue weighted by Gasteiger charge is -2.20. The van der Waals surface area contributed by atoms with Crippen LogP contribution in [0, 0.1) is 6.92 Å². The van der Waals surface area contributed by atoms with Crippen molar-refractivity contribution in [2.45, 2.75) is 6.92 Å². The quantitative estimate of drug-likeness (QED) is 0.184. The fraction of sp³-hybridized carbons (Fsp3) is 0.125. The molecule has 0 atom stereocenters. The Morgan fingerprint density at radius 3 is 2.32 bits per heavy atom. The standard InChI is InChI=1S/C32H29N3O6/c1-22-11-13-23(14-12-22)26-7-3-4-8-27(26)31(38)34-25-17-15-24(16-18-25)32(39)35(2)28-9-5-6-10-29(28)40-20-19-33-41-21-30(36)37/h3-19H,20-21H2,1-2H3,(H,34,38)(H,36,37)/b33-19-. The summed E-state index contributed by atoms with van der Waals surface area (Å²) in [6.07, 6.45) is 1.29. The van der Waals surface area contributed by atoms with Gasteiger partial charge >= 0.3 is 5.97 Å². The highest BCUT2D eigenvalue weighted by Gasteiger charge is 2.18. The zero-order chi connectivity index (χ0) is 29.2. The van der Waals surface area contributed by atoms with Gasteiger partial charge in [-0.05, 0) is 60.5 Å². The van der Waals surface area contributed by atoms with Crippen molar-refractivity contribution in [1.82, 2.24) is 0 Å². The summed E-state index contributed by atoms with van der Waals surface area (Å²) >= 11 is 0. The van der Waals surface area contributed by atoms with Crippen LogP contribution in [-0.2, 0) is 9.63 Å². The summed E-state index contributed by atoms with van der Waals surface area (Å²) in [4.78, 5) is 42.9. The van der Waals surface area contributed by atoms with E-state index in [1.807, 2.05) is 49.4 Å². The number of nitrogens with zero attached hydrogens (tertiary/aromatic N) is 2. The van der Waals surface area contributed by atoms with E-state index in [2.05, 4.69) is 15.3 Å². The number of anilines is 2. The van der Waals surface area contributed by atoms with E-state index < -0.39 is 12.6 Å². The molecule has 4 aromatic rings. The number of para-hydroxylation sites is 2. The number of rotatable bonds is 11. The Morgan fingerprint density at radius 2 is 1.59 bits per heavy atom. The second-order valence-electron chi connectivity index (χ2n) is 9.04. The summed E-state index contributed by atoms with van der Waals surface area (Å²) in [5, 5.41) is 15.0. The molecule has 0 bridgehead atoms. The molecule has 0 aliphatic heterocycles. The summed E-state index contributed by atoms with van der Waals surface area (Å²) in [6, 6.07) is 29.1. The molecule has 2 amide bonds. The lowest BCUT2D eigenvalue weighted by Crippen LogP contribution is -2.26. The van der Waals surface area contributed by atoms with Crippen molar-refractivity contribution in [1.29, 1.82) is 0 Å². The maximum Gasteiger partial charge on any atom is 0.344 e. The maximum atomic E-state index is 13.2. The van der Waals surface area contributed by atoms with Crippen molar-refractivity contribution in [3.63, 3.8) is 0 Å². The molecule has 0 aliphatic rings. The van der Waals surface area contributed by atoms with E-state index in [-0.39, 0.29) is 18.4 Å². The molecule has 4 rings (SSSR count). The first-order chi connectivity index (χ1) is 19.8. The van der Waals surface area contributed by atoms with E-state index in [0.29, 0.717) is 28.3 Å². The molecule has 9 nitrogen and oxygen atoms in total. The molecule has 0 unspecified atom stereocenters. The van der Waals surface area contributed by atoms with E-state index in [0.717, 1.165) is 16.7 Å². The molecule has 41 heavy (non-hydrogen) atoms. The van der Waals surface area contributed by atoms with Gasteiger partial charge in [0.05, 0.1) is 11.9 Å². The van der Waals surface area contributed by atoms with Crippen molar-refractivity contribution >= 4 is 35.4 Å². The fourth-order valence-corrected chi connectivity index (χ4v) is 4.02. The minimum atomic E-state index is -1.13. The Hall–Kier alpha value is -5.44. The Balaban J connectivity index is 1.42. The highest BCUT2D eigenvalue weighted by Crippen LogP contribution is 2.29. The number of carboxylic acids is 1. The zero-order valence-corrected chi connectivity index (χ0v) is 22.6. The first kappa shape index (κ1) is 28.6. The molecular weight excluding hydrogens is 522 g/mol. The van der Waals surface area contributed by atoms with Gasteiger partial charge in [-0.3, -0.25) is 9.59 Å². The van der Waals surface area contributed by atoms with Gasteiger partial charge in [-0.2, -0.15) is 0 Å². The molecule has 0 radical (unpaired) electrons. The number of nitrogens with one attached hydrogen (secondary N) is 1. The second kappa shape index (κ2) is 13.6. The number of benzene rings is 4. The molecule has 4 aromatic carbocycles. The number of carbonyl (C=O) groups excluding carboxylic acids is 2. The first-order valence-corrected chi connectivity index (χ1v) is 12.8. The number of amides is 2. The summed E-state index contributed by atoms with van der Waals surface area (Å²) in [5.41, 5.74) is 4.98. The van der Waals surface area contributed by atoms with Crippen LogP contribution in [0.25, 0.3) is 11.1 Å². The third kappa shape index (κ3) is 7.57. The van der Waals surface area contributed by atoms with Crippen LogP contribution in [0.15, 0.2) is 102 Å². The van der Waals surface area contributed by atoms with Gasteiger partial charge < -0.3 is 24.9 Å². The number of hydrogen-bond donors (Lipinski definition) is 2. The molecule has 0 saturated carbocycles. The predicted molar refractivity (Wildman–Crippen MR) is 158 cm³/mol. The first-order valence-electron chi connectivity index (χ1n) is 12.8. The van der Waals surface area contributed by atoms with Gasteiger partial charge in [0.1, 0.15) is 12.4 Å². The number of aryl methyl sites for hydroxylation is 1. The van der Waals surface area contributed by atoms with Crippen LogP contribution in [-0.4, -0.2) is 49.4 Å². The van der Waals surface area contributed by atoms with E-state index in [1.165, 1.54) is 11.1 Å². The van der Waals surface area contributed by atoms with Crippen LogP contribution in [0.5, 0.6) is 5.75 Å². The zero-order valence-electron chi connectivity index (χ0n) is 22.6. The Morgan fingerprint density at radius 1 is 0.902 bits per heavy atom. The van der Waals surface area contributed by atoms with Crippen LogP contribution in [0.4, 0.5) is 11.4 Å². The lowest BCUT2D eigenvalue weighted by atomic mass is 9.98. The Labute approximate surface area is 237 Å². The molecule has 0 aromatic heterocycles. The van der Waals surface area contributed by atoms with Crippen molar-refractivity contribution in [3.8, 4) is 16.9 Å². The summed E-state index contributed by atoms with van der Waals surface area (Å²) < 4.78 is 5.69. The summed E-state index contributed by atoms with van der Waals surface area (Å²) in [6.45, 7) is 1.48. The molecular formula is C32H29N3O6. The smallest absolute Gasteiger partial charge is 0.344 e. The topological polar surface area (TPSA) is 118 Å². The third-order valence-electron chi connectivity index (χ3n) is 6.11. The number of hydrogen-bond acceptors (Lipinski definition) is 6. The molecule has 2 N–H and O–H groups in total. The van der Waals surface area contributed by atoms with Crippen LogP contribution >= 0.6 is 0 Å². The van der Waals surface area contributed by atoms with Crippen molar-refractivity contribution in [2.75, 3.05) is 30.5 Å². The van der Waals surface area contributed by atoms with Crippen LogP contribution in [0.2, 0.25) is 0 Å². The summed E-state index contributed by atoms with van der Waals surface area (Å²) in [7, 11) is 1.63. The highest BCUT2D eigenvalue weighted by molar-refractivity contribution is 6.09. The van der Waals surface area contributed by atoms with E-state index in [1.54, 1.807) is 61.6 Å². The molecule has 9 heteroatoms. The summed E-state index contributed by atoms with van der Waals surface area (Å²) in [5.74, 6) is -1.22. The largest absolute Gasteiger partial charge is 0.486 e. The van der Waals surface area contributed by atoms with Gasteiger partial charge in [0, 0.05) is 23.9 Å². The minimum Gasteiger partial charge on any atom is -0.486 e. The third-order valence-corrected chi connectivity index (χ3v) is 6.11. The molecule has 0 aliphatic carbocycles. The molecule has 208 valence electrons. The van der Waals surface area contributed by atoms with Crippen molar-refractivity contribution in [3.05, 3.63) is 114 Å². The van der Waals surface area contributed by atoms with Gasteiger partial charge in [0.15, 0.2) is 0 Å². The molecule has 0 spiro atoms.